The Hall–Kier alpha value is -3.52. The van der Waals surface area contributed by atoms with Crippen molar-refractivity contribution in [1.82, 2.24) is 0 Å². The molecule has 0 heterocycles. The minimum absolute atomic E-state index is 0.253. The first-order valence-electron chi connectivity index (χ1n) is 9.74. The zero-order valence-corrected chi connectivity index (χ0v) is 16.6. The number of aryl methyl sites for hydroxylation is 2. The Labute approximate surface area is 171 Å². The summed E-state index contributed by atoms with van der Waals surface area (Å²) >= 11 is 0. The number of hydrogen-bond donors (Lipinski definition) is 2. The summed E-state index contributed by atoms with van der Waals surface area (Å²) in [6.45, 7) is 4.07. The molecule has 0 fully saturated rings. The van der Waals surface area contributed by atoms with Gasteiger partial charge in [0.15, 0.2) is 0 Å². The van der Waals surface area contributed by atoms with Gasteiger partial charge in [0.2, 0.25) is 0 Å². The van der Waals surface area contributed by atoms with E-state index in [0.717, 1.165) is 33.4 Å². The van der Waals surface area contributed by atoms with Gasteiger partial charge in [-0.3, -0.25) is 0 Å². The van der Waals surface area contributed by atoms with Crippen molar-refractivity contribution in [3.05, 3.63) is 130 Å². The first-order chi connectivity index (χ1) is 14.0. The smallest absolute Gasteiger partial charge is 0.115 e. The lowest BCUT2D eigenvalue weighted by Crippen LogP contribution is -2.32. The molecule has 144 valence electrons. The van der Waals surface area contributed by atoms with E-state index in [4.69, 9.17) is 0 Å². The normalized spacial score (nSPS) is 11.4. The predicted molar refractivity (Wildman–Crippen MR) is 118 cm³/mol. The van der Waals surface area contributed by atoms with Crippen molar-refractivity contribution in [3.63, 3.8) is 0 Å². The Kier molecular flexibility index (Phi) is 4.85. The lowest BCUT2D eigenvalue weighted by atomic mass is 9.63. The SMILES string of the molecule is Cc1cc(O)ccc1C(c1ccccc1)(c1ccccc1)c1ccc(O)cc1C. The van der Waals surface area contributed by atoms with E-state index < -0.39 is 5.41 Å². The van der Waals surface area contributed by atoms with E-state index >= 15 is 0 Å². The van der Waals surface area contributed by atoms with Gasteiger partial charge in [0, 0.05) is 0 Å². The van der Waals surface area contributed by atoms with Crippen molar-refractivity contribution in [2.45, 2.75) is 19.3 Å². The molecule has 0 bridgehead atoms. The zero-order valence-electron chi connectivity index (χ0n) is 16.6. The van der Waals surface area contributed by atoms with Gasteiger partial charge in [-0.05, 0) is 71.5 Å². The molecule has 0 amide bonds. The van der Waals surface area contributed by atoms with Gasteiger partial charge in [-0.15, -0.1) is 0 Å². The molecule has 2 nitrogen and oxygen atoms in total. The van der Waals surface area contributed by atoms with Crippen molar-refractivity contribution in [3.8, 4) is 11.5 Å². The Balaban J connectivity index is 2.20. The molecule has 0 saturated heterocycles. The molecule has 4 aromatic rings. The third-order valence-electron chi connectivity index (χ3n) is 5.64. The summed E-state index contributed by atoms with van der Waals surface area (Å²) in [7, 11) is 0. The molecule has 2 N–H and O–H groups in total. The molecule has 29 heavy (non-hydrogen) atoms. The first-order valence-corrected chi connectivity index (χ1v) is 9.74. The van der Waals surface area contributed by atoms with E-state index in [1.807, 2.05) is 50.2 Å². The molecule has 0 aliphatic carbocycles. The summed E-state index contributed by atoms with van der Waals surface area (Å²) in [6, 6.07) is 32.0. The average molecular weight is 380 g/mol. The number of phenolic OH excluding ortho intramolecular Hbond substituents is 2. The van der Waals surface area contributed by atoms with Gasteiger partial charge in [0.1, 0.15) is 11.5 Å². The van der Waals surface area contributed by atoms with E-state index in [2.05, 4.69) is 48.5 Å². The summed E-state index contributed by atoms with van der Waals surface area (Å²) < 4.78 is 0. The molecule has 0 spiro atoms. The topological polar surface area (TPSA) is 40.5 Å². The molecule has 0 saturated carbocycles. The maximum Gasteiger partial charge on any atom is 0.115 e. The van der Waals surface area contributed by atoms with Gasteiger partial charge in [0.05, 0.1) is 5.41 Å². The van der Waals surface area contributed by atoms with Gasteiger partial charge < -0.3 is 10.2 Å². The summed E-state index contributed by atoms with van der Waals surface area (Å²) in [6.07, 6.45) is 0. The van der Waals surface area contributed by atoms with Crippen LogP contribution in [0.5, 0.6) is 11.5 Å². The van der Waals surface area contributed by atoms with Crippen LogP contribution in [-0.2, 0) is 5.41 Å². The van der Waals surface area contributed by atoms with Crippen molar-refractivity contribution >= 4 is 0 Å². The minimum atomic E-state index is -0.585. The second kappa shape index (κ2) is 7.48. The van der Waals surface area contributed by atoms with Crippen LogP contribution in [0.15, 0.2) is 97.1 Å². The van der Waals surface area contributed by atoms with E-state index in [9.17, 15) is 10.2 Å². The molecule has 2 heteroatoms. The predicted octanol–water partition coefficient (Wildman–Crippen LogP) is 6.10. The summed E-state index contributed by atoms with van der Waals surface area (Å²) in [4.78, 5) is 0. The van der Waals surface area contributed by atoms with Crippen LogP contribution >= 0.6 is 0 Å². The van der Waals surface area contributed by atoms with Crippen LogP contribution in [0.1, 0.15) is 33.4 Å². The number of phenols is 2. The quantitative estimate of drug-likeness (QED) is 0.420. The lowest BCUT2D eigenvalue weighted by Gasteiger charge is -2.39. The zero-order chi connectivity index (χ0) is 20.4. The van der Waals surface area contributed by atoms with Gasteiger partial charge in [-0.1, -0.05) is 72.8 Å². The second-order valence-electron chi connectivity index (χ2n) is 7.48. The highest BCUT2D eigenvalue weighted by atomic mass is 16.3. The maximum absolute atomic E-state index is 10.1. The number of aromatic hydroxyl groups is 2. The molecule has 4 rings (SSSR count). The molecule has 0 unspecified atom stereocenters. The molecule has 0 aliphatic rings. The Morgan fingerprint density at radius 1 is 0.517 bits per heavy atom. The van der Waals surface area contributed by atoms with Crippen molar-refractivity contribution < 1.29 is 10.2 Å². The molecule has 0 aromatic heterocycles. The minimum Gasteiger partial charge on any atom is -0.508 e. The molecular formula is C27H24O2. The van der Waals surface area contributed by atoms with E-state index in [1.165, 1.54) is 0 Å². The van der Waals surface area contributed by atoms with Crippen LogP contribution in [0.3, 0.4) is 0 Å². The standard InChI is InChI=1S/C27H24O2/c1-19-17-23(28)13-15-25(19)27(21-9-5-3-6-10-21,22-11-7-4-8-12-22)26-16-14-24(29)18-20(26)2/h3-18,28-29H,1-2H3. The van der Waals surface area contributed by atoms with Crippen LogP contribution in [0, 0.1) is 13.8 Å². The lowest BCUT2D eigenvalue weighted by molar-refractivity contribution is 0.474. The van der Waals surface area contributed by atoms with E-state index in [0.29, 0.717) is 0 Å². The van der Waals surface area contributed by atoms with E-state index in [1.54, 1.807) is 12.1 Å². The maximum atomic E-state index is 10.1. The molecule has 0 aliphatic heterocycles. The van der Waals surface area contributed by atoms with Crippen LogP contribution in [0.25, 0.3) is 0 Å². The van der Waals surface area contributed by atoms with Crippen LogP contribution in [-0.4, -0.2) is 10.2 Å². The summed E-state index contributed by atoms with van der Waals surface area (Å²) in [5, 5.41) is 20.1. The number of hydrogen-bond acceptors (Lipinski definition) is 2. The number of benzene rings is 4. The highest BCUT2D eigenvalue weighted by Crippen LogP contribution is 2.48. The summed E-state index contributed by atoms with van der Waals surface area (Å²) in [5.41, 5.74) is 5.89. The Morgan fingerprint density at radius 2 is 0.897 bits per heavy atom. The number of rotatable bonds is 4. The van der Waals surface area contributed by atoms with Crippen molar-refractivity contribution in [1.29, 1.82) is 0 Å². The average Bonchev–Trinajstić information content (AvgIpc) is 2.72. The fraction of sp³-hybridized carbons (Fsp3) is 0.111. The first kappa shape index (κ1) is 18.8. The Bertz CT molecular complexity index is 1040. The third kappa shape index (κ3) is 3.17. The van der Waals surface area contributed by atoms with Crippen molar-refractivity contribution in [2.24, 2.45) is 0 Å². The monoisotopic (exact) mass is 380 g/mol. The van der Waals surface area contributed by atoms with Gasteiger partial charge >= 0.3 is 0 Å². The fourth-order valence-corrected chi connectivity index (χ4v) is 4.45. The van der Waals surface area contributed by atoms with Gasteiger partial charge in [0.25, 0.3) is 0 Å². The molecular weight excluding hydrogens is 356 g/mol. The highest BCUT2D eigenvalue weighted by Gasteiger charge is 2.40. The largest absolute Gasteiger partial charge is 0.508 e. The van der Waals surface area contributed by atoms with Gasteiger partial charge in [-0.2, -0.15) is 0 Å². The Morgan fingerprint density at radius 3 is 1.24 bits per heavy atom. The van der Waals surface area contributed by atoms with E-state index in [-0.39, 0.29) is 11.5 Å². The highest BCUT2D eigenvalue weighted by molar-refractivity contribution is 5.64. The fourth-order valence-electron chi connectivity index (χ4n) is 4.45. The molecule has 0 atom stereocenters. The van der Waals surface area contributed by atoms with Crippen LogP contribution in [0.4, 0.5) is 0 Å². The molecule has 4 aromatic carbocycles. The second-order valence-corrected chi connectivity index (χ2v) is 7.48. The third-order valence-corrected chi connectivity index (χ3v) is 5.64. The summed E-state index contributed by atoms with van der Waals surface area (Å²) in [5.74, 6) is 0.507. The van der Waals surface area contributed by atoms with Crippen molar-refractivity contribution in [2.75, 3.05) is 0 Å². The van der Waals surface area contributed by atoms with Gasteiger partial charge in [-0.25, -0.2) is 0 Å². The molecule has 0 radical (unpaired) electrons. The van der Waals surface area contributed by atoms with Crippen LogP contribution in [0.2, 0.25) is 0 Å². The van der Waals surface area contributed by atoms with Crippen LogP contribution < -0.4 is 0 Å².